The lowest BCUT2D eigenvalue weighted by atomic mass is 9.82. The third-order valence-electron chi connectivity index (χ3n) is 14.0. The van der Waals surface area contributed by atoms with Crippen LogP contribution in [0, 0.1) is 0 Å². The molecule has 4 heteroatoms. The molecule has 0 amide bonds. The first kappa shape index (κ1) is 35.2. The summed E-state index contributed by atoms with van der Waals surface area (Å²) in [6.45, 7) is 9.33. The first-order valence-electron chi connectivity index (χ1n) is 21.6. The molecule has 2 aliphatic rings. The number of hydrogen-bond donors (Lipinski definition) is 0. The summed E-state index contributed by atoms with van der Waals surface area (Å²) < 4.78 is 8.51. The van der Waals surface area contributed by atoms with Gasteiger partial charge in [-0.3, -0.25) is 4.57 Å². The van der Waals surface area contributed by atoms with Crippen molar-refractivity contribution in [2.75, 3.05) is 0 Å². The molecule has 11 aromatic rings. The maximum atomic E-state index is 6.18. The minimum Gasteiger partial charge on any atom is -0.456 e. The third kappa shape index (κ3) is 4.89. The average Bonchev–Trinajstić information content (AvgIpc) is 3.99. The van der Waals surface area contributed by atoms with Gasteiger partial charge in [-0.05, 0) is 104 Å². The van der Waals surface area contributed by atoms with Crippen LogP contribution in [0.2, 0.25) is 0 Å². The lowest BCUT2D eigenvalue weighted by Gasteiger charge is -2.22. The molecule has 0 aliphatic heterocycles. The SMILES string of the molecule is CC1(C)c2ccccc2-c2ccc(-c3cc(-n4c5ccccc5c5cc(-c6ccc7oc8ccccc8c7c6)ccc54)nc(-c4ccc5c(c4)C(C)(C)c4ccccc4-5)n3)cc21. The van der Waals surface area contributed by atoms with Crippen LogP contribution < -0.4 is 0 Å². The highest BCUT2D eigenvalue weighted by Gasteiger charge is 2.37. The summed E-state index contributed by atoms with van der Waals surface area (Å²) in [6, 6.07) is 63.9. The van der Waals surface area contributed by atoms with Crippen LogP contribution in [0.15, 0.2) is 180 Å². The second-order valence-electron chi connectivity index (χ2n) is 18.2. The summed E-state index contributed by atoms with van der Waals surface area (Å²) in [5.41, 5.74) is 19.5. The quantitative estimate of drug-likeness (QED) is 0.178. The van der Waals surface area contributed by atoms with Crippen molar-refractivity contribution in [3.63, 3.8) is 0 Å². The highest BCUT2D eigenvalue weighted by Crippen LogP contribution is 2.51. The summed E-state index contributed by atoms with van der Waals surface area (Å²) in [5.74, 6) is 1.54. The standard InChI is InChI=1S/C58H41N3O/c1-57(2)46-17-9-5-13-38(46)40-25-21-36(31-48(40)57)50-33-55(60-56(59-50)37-22-26-41-39-14-6-10-18-47(39)58(3,4)49(41)32-37)61-51-19-11-7-15-42(51)44-29-34(23-27-52(44)61)35-24-28-54-45(30-35)43-16-8-12-20-53(43)62-54/h5-33H,1-4H3. The van der Waals surface area contributed by atoms with E-state index >= 15 is 0 Å². The highest BCUT2D eigenvalue weighted by atomic mass is 16.3. The number of furan rings is 1. The van der Waals surface area contributed by atoms with E-state index in [-0.39, 0.29) is 10.8 Å². The first-order chi connectivity index (χ1) is 30.2. The van der Waals surface area contributed by atoms with Gasteiger partial charge in [0.2, 0.25) is 0 Å². The van der Waals surface area contributed by atoms with E-state index in [0.717, 1.165) is 66.7 Å². The van der Waals surface area contributed by atoms with E-state index in [1.54, 1.807) is 0 Å². The molecular formula is C58H41N3O. The van der Waals surface area contributed by atoms with E-state index in [1.807, 2.05) is 12.1 Å². The van der Waals surface area contributed by atoms with Crippen molar-refractivity contribution in [3.8, 4) is 61.8 Å². The predicted octanol–water partition coefficient (Wildman–Crippen LogP) is 15.1. The molecule has 0 saturated carbocycles. The normalized spacial score (nSPS) is 14.4. The van der Waals surface area contributed by atoms with Crippen LogP contribution in [0.4, 0.5) is 0 Å². The molecule has 0 unspecified atom stereocenters. The zero-order chi connectivity index (χ0) is 41.5. The van der Waals surface area contributed by atoms with Crippen molar-refractivity contribution in [1.29, 1.82) is 0 Å². The Hall–Kier alpha value is -7.56. The molecule has 8 aromatic carbocycles. The summed E-state index contributed by atoms with van der Waals surface area (Å²) >= 11 is 0. The molecular weight excluding hydrogens is 755 g/mol. The zero-order valence-corrected chi connectivity index (χ0v) is 35.0. The fourth-order valence-corrected chi connectivity index (χ4v) is 10.8. The van der Waals surface area contributed by atoms with Crippen LogP contribution in [0.3, 0.4) is 0 Å². The summed E-state index contributed by atoms with van der Waals surface area (Å²) in [7, 11) is 0. The summed E-state index contributed by atoms with van der Waals surface area (Å²) in [6.07, 6.45) is 0. The highest BCUT2D eigenvalue weighted by molar-refractivity contribution is 6.11. The molecule has 0 atom stereocenters. The molecule has 0 radical (unpaired) electrons. The zero-order valence-electron chi connectivity index (χ0n) is 35.0. The Balaban J connectivity index is 1.02. The Morgan fingerprint density at radius 3 is 1.66 bits per heavy atom. The number of fused-ring (bicyclic) bond motifs is 12. The van der Waals surface area contributed by atoms with Crippen molar-refractivity contribution < 1.29 is 4.42 Å². The number of rotatable bonds is 4. The van der Waals surface area contributed by atoms with Crippen LogP contribution in [0.1, 0.15) is 49.9 Å². The largest absolute Gasteiger partial charge is 0.456 e. The Bertz CT molecular complexity index is 3590. The van der Waals surface area contributed by atoms with Crippen LogP contribution in [0.25, 0.3) is 106 Å². The van der Waals surface area contributed by atoms with E-state index in [1.165, 1.54) is 55.3 Å². The first-order valence-corrected chi connectivity index (χ1v) is 21.6. The molecule has 0 fully saturated rings. The van der Waals surface area contributed by atoms with E-state index < -0.39 is 0 Å². The van der Waals surface area contributed by atoms with Gasteiger partial charge in [0, 0.05) is 49.6 Å². The van der Waals surface area contributed by atoms with Gasteiger partial charge in [0.1, 0.15) is 17.0 Å². The van der Waals surface area contributed by atoms with Crippen LogP contribution >= 0.6 is 0 Å². The molecule has 0 spiro atoms. The van der Waals surface area contributed by atoms with Crippen LogP contribution in [-0.4, -0.2) is 14.5 Å². The molecule has 3 aromatic heterocycles. The molecule has 13 rings (SSSR count). The topological polar surface area (TPSA) is 43.9 Å². The monoisotopic (exact) mass is 795 g/mol. The van der Waals surface area contributed by atoms with Gasteiger partial charge >= 0.3 is 0 Å². The van der Waals surface area contributed by atoms with Gasteiger partial charge in [-0.25, -0.2) is 9.97 Å². The summed E-state index contributed by atoms with van der Waals surface area (Å²) in [5, 5.41) is 4.60. The fraction of sp³-hybridized carbons (Fsp3) is 0.103. The Labute approximate surface area is 359 Å². The van der Waals surface area contributed by atoms with Gasteiger partial charge in [-0.1, -0.05) is 149 Å². The van der Waals surface area contributed by atoms with E-state index in [9.17, 15) is 0 Å². The van der Waals surface area contributed by atoms with E-state index in [4.69, 9.17) is 14.4 Å². The van der Waals surface area contributed by atoms with Crippen molar-refractivity contribution in [2.24, 2.45) is 0 Å². The molecule has 3 heterocycles. The number of para-hydroxylation sites is 2. The molecule has 0 N–H and O–H groups in total. The number of hydrogen-bond acceptors (Lipinski definition) is 3. The lowest BCUT2D eigenvalue weighted by molar-refractivity contribution is 0.660. The smallest absolute Gasteiger partial charge is 0.162 e. The second-order valence-corrected chi connectivity index (χ2v) is 18.2. The maximum Gasteiger partial charge on any atom is 0.162 e. The molecule has 0 saturated heterocycles. The lowest BCUT2D eigenvalue weighted by Crippen LogP contribution is -2.15. The molecule has 294 valence electrons. The number of aromatic nitrogens is 3. The van der Waals surface area contributed by atoms with Gasteiger partial charge in [0.05, 0.1) is 16.7 Å². The van der Waals surface area contributed by atoms with Gasteiger partial charge in [-0.2, -0.15) is 0 Å². The minimum absolute atomic E-state index is 0.138. The summed E-state index contributed by atoms with van der Waals surface area (Å²) in [4.78, 5) is 11.0. The minimum atomic E-state index is -0.150. The number of nitrogens with zero attached hydrogens (tertiary/aromatic N) is 3. The second kappa shape index (κ2) is 12.5. The van der Waals surface area contributed by atoms with Crippen molar-refractivity contribution >= 4 is 43.7 Å². The van der Waals surface area contributed by atoms with Gasteiger partial charge < -0.3 is 4.42 Å². The predicted molar refractivity (Wildman–Crippen MR) is 255 cm³/mol. The van der Waals surface area contributed by atoms with Gasteiger partial charge in [-0.15, -0.1) is 0 Å². The molecule has 4 nitrogen and oxygen atoms in total. The average molecular weight is 796 g/mol. The maximum absolute atomic E-state index is 6.18. The fourth-order valence-electron chi connectivity index (χ4n) is 10.8. The van der Waals surface area contributed by atoms with Crippen LogP contribution in [0.5, 0.6) is 0 Å². The molecule has 2 aliphatic carbocycles. The Kier molecular flexibility index (Phi) is 7.10. The van der Waals surface area contributed by atoms with Crippen molar-refractivity contribution in [3.05, 3.63) is 198 Å². The van der Waals surface area contributed by atoms with Gasteiger partial charge in [0.15, 0.2) is 5.82 Å². The van der Waals surface area contributed by atoms with E-state index in [2.05, 4.69) is 196 Å². The molecule has 0 bridgehead atoms. The third-order valence-corrected chi connectivity index (χ3v) is 14.0. The van der Waals surface area contributed by atoms with Gasteiger partial charge in [0.25, 0.3) is 0 Å². The van der Waals surface area contributed by atoms with E-state index in [0.29, 0.717) is 5.82 Å². The Morgan fingerprint density at radius 2 is 0.919 bits per heavy atom. The molecule has 62 heavy (non-hydrogen) atoms. The number of benzene rings is 8. The van der Waals surface area contributed by atoms with Crippen LogP contribution in [-0.2, 0) is 10.8 Å². The van der Waals surface area contributed by atoms with Crippen molar-refractivity contribution in [1.82, 2.24) is 14.5 Å². The Morgan fingerprint density at radius 1 is 0.387 bits per heavy atom. The van der Waals surface area contributed by atoms with Crippen molar-refractivity contribution in [2.45, 2.75) is 38.5 Å².